The first-order valence-corrected chi connectivity index (χ1v) is 5.13. The van der Waals surface area contributed by atoms with E-state index in [1.165, 1.54) is 5.01 Å². The van der Waals surface area contributed by atoms with Crippen LogP contribution in [-0.4, -0.2) is 17.7 Å². The average molecular weight is 227 g/mol. The molecule has 15 heavy (non-hydrogen) atoms. The van der Waals surface area contributed by atoms with Crippen molar-refractivity contribution < 1.29 is 9.53 Å². The number of hydrazine groups is 1. The minimum absolute atomic E-state index is 0.330. The Kier molecular flexibility index (Phi) is 2.68. The van der Waals surface area contributed by atoms with Crippen molar-refractivity contribution in [3.8, 4) is 0 Å². The van der Waals surface area contributed by atoms with Crippen LogP contribution in [-0.2, 0) is 4.74 Å². The molecule has 0 saturated heterocycles. The van der Waals surface area contributed by atoms with E-state index in [0.717, 1.165) is 11.3 Å². The summed E-state index contributed by atoms with van der Waals surface area (Å²) in [6.07, 6.45) is -0.464. The normalized spacial score (nSPS) is 18.3. The first-order valence-electron chi connectivity index (χ1n) is 4.69. The topological polar surface area (TPSA) is 41.6 Å². The highest BCUT2D eigenvalue weighted by molar-refractivity contribution is 6.22. The van der Waals surface area contributed by atoms with E-state index in [-0.39, 0.29) is 0 Å². The summed E-state index contributed by atoms with van der Waals surface area (Å²) in [5, 5.41) is 1.27. The Labute approximate surface area is 92.7 Å². The van der Waals surface area contributed by atoms with Crippen LogP contribution < -0.4 is 5.43 Å². The van der Waals surface area contributed by atoms with Gasteiger partial charge in [0.05, 0.1) is 12.3 Å². The highest BCUT2D eigenvalue weighted by Gasteiger charge is 2.32. The van der Waals surface area contributed by atoms with Crippen molar-refractivity contribution in [3.05, 3.63) is 29.8 Å². The fraction of sp³-hybridized carbons (Fsp3) is 0.300. The van der Waals surface area contributed by atoms with Gasteiger partial charge in [-0.15, -0.1) is 0 Å². The maximum Gasteiger partial charge on any atom is 0.430 e. The molecular weight excluding hydrogens is 216 g/mol. The Hall–Kier alpha value is -1.42. The van der Waals surface area contributed by atoms with Crippen molar-refractivity contribution in [1.29, 1.82) is 0 Å². The van der Waals surface area contributed by atoms with Gasteiger partial charge >= 0.3 is 6.09 Å². The quantitative estimate of drug-likeness (QED) is 0.591. The third-order valence-electron chi connectivity index (χ3n) is 2.15. The third kappa shape index (κ3) is 1.72. The molecule has 1 N–H and O–H groups in total. The largest absolute Gasteiger partial charge is 0.448 e. The predicted molar refractivity (Wildman–Crippen MR) is 57.5 cm³/mol. The van der Waals surface area contributed by atoms with Gasteiger partial charge in [0.1, 0.15) is 0 Å². The minimum Gasteiger partial charge on any atom is -0.448 e. The number of benzene rings is 1. The van der Waals surface area contributed by atoms with Gasteiger partial charge in [-0.05, 0) is 13.0 Å². The number of halogens is 1. The van der Waals surface area contributed by atoms with Gasteiger partial charge < -0.3 is 4.74 Å². The standard InChI is InChI=1S/C10H11ClN2O2/c1-2-15-10(14)13-9(11)7-5-3-4-6-8(7)12-13/h3-6,9,12H,2H2,1H3. The summed E-state index contributed by atoms with van der Waals surface area (Å²) in [7, 11) is 0. The lowest BCUT2D eigenvalue weighted by molar-refractivity contribution is 0.114. The predicted octanol–water partition coefficient (Wildman–Crippen LogP) is 2.72. The Morgan fingerprint density at radius 1 is 1.60 bits per heavy atom. The highest BCUT2D eigenvalue weighted by atomic mass is 35.5. The molecule has 1 amide bonds. The second-order valence-corrected chi connectivity index (χ2v) is 3.52. The maximum absolute atomic E-state index is 11.5. The molecule has 1 aliphatic heterocycles. The van der Waals surface area contributed by atoms with Gasteiger partial charge in [-0.1, -0.05) is 29.8 Å². The van der Waals surface area contributed by atoms with Gasteiger partial charge in [0.15, 0.2) is 5.50 Å². The first-order chi connectivity index (χ1) is 7.24. The van der Waals surface area contributed by atoms with E-state index in [0.29, 0.717) is 6.61 Å². The molecule has 1 aromatic rings. The molecule has 1 atom stereocenters. The van der Waals surface area contributed by atoms with Crippen LogP contribution >= 0.6 is 11.6 Å². The summed E-state index contributed by atoms with van der Waals surface area (Å²) in [5.41, 5.74) is 4.10. The molecule has 0 saturated carbocycles. The lowest BCUT2D eigenvalue weighted by Gasteiger charge is -2.18. The molecule has 0 bridgehead atoms. The van der Waals surface area contributed by atoms with Crippen LogP contribution in [0.25, 0.3) is 0 Å². The van der Waals surface area contributed by atoms with Crippen LogP contribution in [0.5, 0.6) is 0 Å². The number of nitrogens with one attached hydrogen (secondary N) is 1. The zero-order valence-electron chi connectivity index (χ0n) is 8.24. The molecule has 0 fully saturated rings. The van der Waals surface area contributed by atoms with Crippen LogP contribution in [0.15, 0.2) is 24.3 Å². The number of hydrogen-bond donors (Lipinski definition) is 1. The summed E-state index contributed by atoms with van der Waals surface area (Å²) in [6, 6.07) is 7.50. The van der Waals surface area contributed by atoms with Gasteiger partial charge in [0, 0.05) is 5.56 Å². The Morgan fingerprint density at radius 2 is 2.33 bits per heavy atom. The van der Waals surface area contributed by atoms with Crippen molar-refractivity contribution in [3.63, 3.8) is 0 Å². The van der Waals surface area contributed by atoms with E-state index in [1.807, 2.05) is 24.3 Å². The minimum atomic E-state index is -0.514. The van der Waals surface area contributed by atoms with Crippen molar-refractivity contribution in [2.24, 2.45) is 0 Å². The molecule has 2 rings (SSSR count). The number of carbonyl (C=O) groups excluding carboxylic acids is 1. The van der Waals surface area contributed by atoms with Crippen molar-refractivity contribution >= 4 is 23.4 Å². The summed E-state index contributed by atoms with van der Waals surface area (Å²) in [5.74, 6) is 0. The van der Waals surface area contributed by atoms with E-state index in [1.54, 1.807) is 6.92 Å². The highest BCUT2D eigenvalue weighted by Crippen LogP contribution is 2.37. The van der Waals surface area contributed by atoms with Crippen molar-refractivity contribution in [1.82, 2.24) is 5.01 Å². The molecule has 0 spiro atoms. The van der Waals surface area contributed by atoms with Crippen LogP contribution in [0.1, 0.15) is 18.0 Å². The van der Waals surface area contributed by atoms with E-state index in [2.05, 4.69) is 5.43 Å². The van der Waals surface area contributed by atoms with Crippen LogP contribution in [0, 0.1) is 0 Å². The second-order valence-electron chi connectivity index (χ2n) is 3.10. The third-order valence-corrected chi connectivity index (χ3v) is 2.58. The summed E-state index contributed by atoms with van der Waals surface area (Å²) in [4.78, 5) is 11.5. The van der Waals surface area contributed by atoms with Crippen molar-refractivity contribution in [2.45, 2.75) is 12.4 Å². The maximum atomic E-state index is 11.5. The summed E-state index contributed by atoms with van der Waals surface area (Å²) in [6.45, 7) is 2.08. The molecule has 4 nitrogen and oxygen atoms in total. The Bertz CT molecular complexity index is 383. The zero-order valence-corrected chi connectivity index (χ0v) is 8.99. The average Bonchev–Trinajstić information content (AvgIpc) is 2.57. The summed E-state index contributed by atoms with van der Waals surface area (Å²) < 4.78 is 4.87. The molecule has 1 aromatic carbocycles. The molecule has 5 heteroatoms. The smallest absolute Gasteiger partial charge is 0.430 e. The van der Waals surface area contributed by atoms with Gasteiger partial charge in [-0.25, -0.2) is 4.79 Å². The number of hydrogen-bond acceptors (Lipinski definition) is 3. The number of rotatable bonds is 1. The Morgan fingerprint density at radius 3 is 3.00 bits per heavy atom. The van der Waals surface area contributed by atoms with E-state index in [4.69, 9.17) is 16.3 Å². The number of para-hydroxylation sites is 1. The van der Waals surface area contributed by atoms with Crippen LogP contribution in [0.2, 0.25) is 0 Å². The number of nitrogens with zero attached hydrogens (tertiary/aromatic N) is 1. The second kappa shape index (κ2) is 3.98. The molecule has 0 aromatic heterocycles. The van der Waals surface area contributed by atoms with E-state index in [9.17, 15) is 4.79 Å². The number of anilines is 1. The Balaban J connectivity index is 2.19. The molecule has 0 aliphatic carbocycles. The van der Waals surface area contributed by atoms with Gasteiger partial charge in [-0.2, -0.15) is 5.01 Å². The van der Waals surface area contributed by atoms with E-state index < -0.39 is 11.6 Å². The molecule has 1 heterocycles. The van der Waals surface area contributed by atoms with Crippen molar-refractivity contribution in [2.75, 3.05) is 12.0 Å². The molecular formula is C10H11ClN2O2. The van der Waals surface area contributed by atoms with E-state index >= 15 is 0 Å². The van der Waals surface area contributed by atoms with Gasteiger partial charge in [0.25, 0.3) is 0 Å². The molecule has 80 valence electrons. The number of carbonyl (C=O) groups is 1. The molecule has 1 unspecified atom stereocenters. The SMILES string of the molecule is CCOC(=O)N1Nc2ccccc2C1Cl. The number of amides is 1. The van der Waals surface area contributed by atoms with Gasteiger partial charge in [-0.3, -0.25) is 5.43 Å². The molecule has 0 radical (unpaired) electrons. The first kappa shape index (κ1) is 10.1. The monoisotopic (exact) mass is 226 g/mol. The lowest BCUT2D eigenvalue weighted by atomic mass is 10.2. The molecule has 1 aliphatic rings. The van der Waals surface area contributed by atoms with Gasteiger partial charge in [0.2, 0.25) is 0 Å². The number of alkyl halides is 1. The lowest BCUT2D eigenvalue weighted by Crippen LogP contribution is -2.33. The number of ether oxygens (including phenoxy) is 1. The zero-order chi connectivity index (χ0) is 10.8. The number of fused-ring (bicyclic) bond motifs is 1. The fourth-order valence-corrected chi connectivity index (χ4v) is 1.78. The van der Waals surface area contributed by atoms with Crippen LogP contribution in [0.3, 0.4) is 0 Å². The summed E-state index contributed by atoms with van der Waals surface area (Å²) >= 11 is 6.10. The van der Waals surface area contributed by atoms with Crippen LogP contribution in [0.4, 0.5) is 10.5 Å². The fourth-order valence-electron chi connectivity index (χ4n) is 1.46.